The molecule has 2 heterocycles. The zero-order chi connectivity index (χ0) is 9.80. The van der Waals surface area contributed by atoms with Gasteiger partial charge in [0.25, 0.3) is 0 Å². The van der Waals surface area contributed by atoms with E-state index in [0.29, 0.717) is 24.2 Å². The molecule has 0 bridgehead atoms. The normalized spacial score (nSPS) is 21.6. The van der Waals surface area contributed by atoms with Gasteiger partial charge < -0.3 is 14.5 Å². The predicted octanol–water partition coefficient (Wildman–Crippen LogP) is 0.504. The van der Waals surface area contributed by atoms with Gasteiger partial charge in [-0.15, -0.1) is 10.2 Å². The minimum absolute atomic E-state index is 0.617. The fourth-order valence-corrected chi connectivity index (χ4v) is 1.54. The number of hydrogen-bond donors (Lipinski definition) is 1. The summed E-state index contributed by atoms with van der Waals surface area (Å²) >= 11 is 0. The smallest absolute Gasteiger partial charge is 0.230 e. The molecule has 0 radical (unpaired) electrons. The number of ether oxygens (including phenoxy) is 1. The van der Waals surface area contributed by atoms with E-state index in [4.69, 9.17) is 9.15 Å². The summed E-state index contributed by atoms with van der Waals surface area (Å²) in [6.45, 7) is 5.17. The molecule has 1 unspecified atom stereocenters. The molecule has 5 nitrogen and oxygen atoms in total. The van der Waals surface area contributed by atoms with Crippen LogP contribution >= 0.6 is 0 Å². The van der Waals surface area contributed by atoms with Gasteiger partial charge in [0.1, 0.15) is 0 Å². The Morgan fingerprint density at radius 1 is 1.50 bits per heavy atom. The molecule has 0 aliphatic carbocycles. The van der Waals surface area contributed by atoms with Crippen molar-refractivity contribution >= 4 is 0 Å². The molecule has 1 N–H and O–H groups in total. The quantitative estimate of drug-likeness (QED) is 0.761. The SMILES string of the molecule is Cc1nnc(CNCC2CCOC2)o1. The van der Waals surface area contributed by atoms with Crippen molar-refractivity contribution in [1.82, 2.24) is 15.5 Å². The van der Waals surface area contributed by atoms with E-state index in [1.54, 1.807) is 6.92 Å². The third-order valence-corrected chi connectivity index (χ3v) is 2.30. The van der Waals surface area contributed by atoms with Crippen LogP contribution < -0.4 is 5.32 Å². The molecule has 1 aliphatic rings. The number of nitrogens with zero attached hydrogens (tertiary/aromatic N) is 2. The highest BCUT2D eigenvalue weighted by molar-refractivity contribution is 4.78. The highest BCUT2D eigenvalue weighted by Crippen LogP contribution is 2.10. The molecule has 1 aromatic rings. The van der Waals surface area contributed by atoms with Crippen molar-refractivity contribution < 1.29 is 9.15 Å². The molecule has 1 saturated heterocycles. The van der Waals surface area contributed by atoms with Gasteiger partial charge in [-0.2, -0.15) is 0 Å². The van der Waals surface area contributed by atoms with Crippen molar-refractivity contribution in [1.29, 1.82) is 0 Å². The fraction of sp³-hybridized carbons (Fsp3) is 0.778. The summed E-state index contributed by atoms with van der Waals surface area (Å²) in [6.07, 6.45) is 1.15. The van der Waals surface area contributed by atoms with E-state index >= 15 is 0 Å². The van der Waals surface area contributed by atoms with Gasteiger partial charge in [-0.25, -0.2) is 0 Å². The molecule has 0 amide bonds. The molecule has 1 aromatic heterocycles. The molecule has 1 aliphatic heterocycles. The number of aryl methyl sites for hydroxylation is 1. The third kappa shape index (κ3) is 2.52. The van der Waals surface area contributed by atoms with Crippen LogP contribution in [0.5, 0.6) is 0 Å². The summed E-state index contributed by atoms with van der Waals surface area (Å²) < 4.78 is 10.5. The van der Waals surface area contributed by atoms with Crippen molar-refractivity contribution in [2.75, 3.05) is 19.8 Å². The van der Waals surface area contributed by atoms with Gasteiger partial charge in [0.15, 0.2) is 0 Å². The number of rotatable bonds is 4. The van der Waals surface area contributed by atoms with Crippen LogP contribution in [-0.4, -0.2) is 30.0 Å². The fourth-order valence-electron chi connectivity index (χ4n) is 1.54. The highest BCUT2D eigenvalue weighted by atomic mass is 16.5. The molecule has 1 fully saturated rings. The molecule has 5 heteroatoms. The zero-order valence-corrected chi connectivity index (χ0v) is 8.32. The average Bonchev–Trinajstić information content (AvgIpc) is 2.77. The molecule has 2 rings (SSSR count). The van der Waals surface area contributed by atoms with E-state index in [9.17, 15) is 0 Å². The Hall–Kier alpha value is -0.940. The van der Waals surface area contributed by atoms with Crippen molar-refractivity contribution in [3.8, 4) is 0 Å². The first-order valence-electron chi connectivity index (χ1n) is 4.92. The second-order valence-electron chi connectivity index (χ2n) is 3.58. The van der Waals surface area contributed by atoms with Gasteiger partial charge in [-0.05, 0) is 12.3 Å². The van der Waals surface area contributed by atoms with E-state index in [1.807, 2.05) is 0 Å². The van der Waals surface area contributed by atoms with E-state index in [0.717, 1.165) is 26.2 Å². The van der Waals surface area contributed by atoms with E-state index in [2.05, 4.69) is 15.5 Å². The minimum atomic E-state index is 0.617. The summed E-state index contributed by atoms with van der Waals surface area (Å²) in [5.41, 5.74) is 0. The predicted molar refractivity (Wildman–Crippen MR) is 49.7 cm³/mol. The molecule has 0 saturated carbocycles. The van der Waals surface area contributed by atoms with Crippen molar-refractivity contribution in [2.45, 2.75) is 19.9 Å². The maximum atomic E-state index is 5.27. The molecular formula is C9H15N3O2. The van der Waals surface area contributed by atoms with Crippen LogP contribution in [-0.2, 0) is 11.3 Å². The summed E-state index contributed by atoms with van der Waals surface area (Å²) in [5.74, 6) is 1.91. The van der Waals surface area contributed by atoms with Gasteiger partial charge >= 0.3 is 0 Å². The first kappa shape index (κ1) is 9.61. The Morgan fingerprint density at radius 2 is 2.43 bits per heavy atom. The molecule has 1 atom stereocenters. The summed E-state index contributed by atoms with van der Waals surface area (Å²) in [5, 5.41) is 10.9. The Bertz CT molecular complexity index is 281. The van der Waals surface area contributed by atoms with Crippen LogP contribution in [0.3, 0.4) is 0 Å². The van der Waals surface area contributed by atoms with Gasteiger partial charge in [0, 0.05) is 20.1 Å². The second kappa shape index (κ2) is 4.52. The van der Waals surface area contributed by atoms with Gasteiger partial charge in [0.2, 0.25) is 11.8 Å². The third-order valence-electron chi connectivity index (χ3n) is 2.30. The van der Waals surface area contributed by atoms with Crippen LogP contribution in [0, 0.1) is 12.8 Å². The topological polar surface area (TPSA) is 60.2 Å². The maximum absolute atomic E-state index is 5.27. The summed E-state index contributed by atoms with van der Waals surface area (Å²) in [6, 6.07) is 0. The first-order chi connectivity index (χ1) is 6.84. The number of aromatic nitrogens is 2. The van der Waals surface area contributed by atoms with Crippen LogP contribution in [0.4, 0.5) is 0 Å². The Balaban J connectivity index is 1.67. The molecule has 78 valence electrons. The van der Waals surface area contributed by atoms with E-state index in [1.165, 1.54) is 0 Å². The lowest BCUT2D eigenvalue weighted by Crippen LogP contribution is -2.22. The standard InChI is InChI=1S/C9H15N3O2/c1-7-11-12-9(14-7)5-10-4-8-2-3-13-6-8/h8,10H,2-6H2,1H3. The van der Waals surface area contributed by atoms with Crippen LogP contribution in [0.15, 0.2) is 4.42 Å². The Labute approximate surface area is 82.8 Å². The van der Waals surface area contributed by atoms with Crippen molar-refractivity contribution in [3.63, 3.8) is 0 Å². The maximum Gasteiger partial charge on any atom is 0.230 e. The van der Waals surface area contributed by atoms with Crippen LogP contribution in [0.2, 0.25) is 0 Å². The lowest BCUT2D eigenvalue weighted by Gasteiger charge is -2.06. The monoisotopic (exact) mass is 197 g/mol. The van der Waals surface area contributed by atoms with Crippen LogP contribution in [0.1, 0.15) is 18.2 Å². The van der Waals surface area contributed by atoms with Gasteiger partial charge in [0.05, 0.1) is 13.2 Å². The second-order valence-corrected chi connectivity index (χ2v) is 3.58. The Morgan fingerprint density at radius 3 is 3.07 bits per heavy atom. The largest absolute Gasteiger partial charge is 0.424 e. The lowest BCUT2D eigenvalue weighted by molar-refractivity contribution is 0.185. The first-order valence-corrected chi connectivity index (χ1v) is 4.92. The average molecular weight is 197 g/mol. The molecule has 14 heavy (non-hydrogen) atoms. The van der Waals surface area contributed by atoms with Gasteiger partial charge in [-0.1, -0.05) is 0 Å². The number of nitrogens with one attached hydrogen (secondary N) is 1. The van der Waals surface area contributed by atoms with Crippen molar-refractivity contribution in [3.05, 3.63) is 11.8 Å². The lowest BCUT2D eigenvalue weighted by atomic mass is 10.1. The van der Waals surface area contributed by atoms with Crippen LogP contribution in [0.25, 0.3) is 0 Å². The molecular weight excluding hydrogens is 182 g/mol. The van der Waals surface area contributed by atoms with E-state index in [-0.39, 0.29) is 0 Å². The zero-order valence-electron chi connectivity index (χ0n) is 8.32. The Kier molecular flexibility index (Phi) is 3.10. The van der Waals surface area contributed by atoms with E-state index < -0.39 is 0 Å². The summed E-state index contributed by atoms with van der Waals surface area (Å²) in [4.78, 5) is 0. The minimum Gasteiger partial charge on any atom is -0.424 e. The van der Waals surface area contributed by atoms with Crippen molar-refractivity contribution in [2.24, 2.45) is 5.92 Å². The van der Waals surface area contributed by atoms with Gasteiger partial charge in [-0.3, -0.25) is 0 Å². The summed E-state index contributed by atoms with van der Waals surface area (Å²) in [7, 11) is 0. The number of hydrogen-bond acceptors (Lipinski definition) is 5. The molecule has 0 aromatic carbocycles. The molecule has 0 spiro atoms. The highest BCUT2D eigenvalue weighted by Gasteiger charge is 2.15.